The molecule has 0 aromatic rings. The molecule has 2 nitrogen and oxygen atoms in total. The Morgan fingerprint density at radius 1 is 0.857 bits per heavy atom. The average Bonchev–Trinajstić information content (AvgIpc) is 2.20. The summed E-state index contributed by atoms with van der Waals surface area (Å²) in [5.74, 6) is 0. The molecule has 6 heteroatoms. The van der Waals surface area contributed by atoms with E-state index in [2.05, 4.69) is 76.3 Å². The van der Waals surface area contributed by atoms with E-state index in [1.54, 1.807) is 6.08 Å². The minimum atomic E-state index is -1.14. The van der Waals surface area contributed by atoms with Gasteiger partial charge in [-0.25, -0.2) is 0 Å². The zero-order chi connectivity index (χ0) is 17.9. The zero-order valence-electron chi connectivity index (χ0n) is 15.9. The Balaban J connectivity index is -0.000000297. The first-order valence-electron chi connectivity index (χ1n) is 7.49. The van der Waals surface area contributed by atoms with Crippen molar-refractivity contribution < 1.29 is 0 Å². The van der Waals surface area contributed by atoms with Gasteiger partial charge in [0.25, 0.3) is 0 Å². The Hall–Kier alpha value is 0.341. The first-order chi connectivity index (χ1) is 9.11. The fourth-order valence-corrected chi connectivity index (χ4v) is 11.1. The molecular formula is C15H39ClN2Si3. The molecule has 0 radical (unpaired) electrons. The average molecular weight is 367 g/mol. The summed E-state index contributed by atoms with van der Waals surface area (Å²) in [5, 5.41) is 0. The minimum absolute atomic E-state index is 0.583. The number of nitrogens with two attached hydrogens (primary N) is 1. The second kappa shape index (κ2) is 11.8. The molecule has 0 aromatic carbocycles. The van der Waals surface area contributed by atoms with Crippen molar-refractivity contribution >= 4 is 34.9 Å². The first kappa shape index (κ1) is 26.2. The van der Waals surface area contributed by atoms with Crippen LogP contribution in [0.5, 0.6) is 0 Å². The Morgan fingerprint density at radius 2 is 1.10 bits per heavy atom. The Bertz CT molecular complexity index is 256. The molecule has 0 rings (SSSR count). The van der Waals surface area contributed by atoms with Crippen LogP contribution in [0, 0.1) is 0 Å². The lowest BCUT2D eigenvalue weighted by molar-refractivity contribution is 0.688. The second-order valence-electron chi connectivity index (χ2n) is 7.83. The predicted molar refractivity (Wildman–Crippen MR) is 112 cm³/mol. The smallest absolute Gasteiger partial charge is 0.147 e. The molecule has 128 valence electrons. The largest absolute Gasteiger partial charge is 0.343 e. The van der Waals surface area contributed by atoms with Gasteiger partial charge in [-0.15, -0.1) is 13.2 Å². The standard InChI is InChI=1S/C9H23NSi2.C3H9ClSi.C3H7N/c1-8-9-10(11(2,3)4)12(5,6)7;1-5(2,3)4;1-2-3-4/h8H,1,9H2,2-7H3;1-3H3;2H,1,3-4H2. The van der Waals surface area contributed by atoms with Crippen molar-refractivity contribution in [1.82, 2.24) is 4.23 Å². The summed E-state index contributed by atoms with van der Waals surface area (Å²) >= 11 is 5.67. The molecule has 0 aliphatic carbocycles. The van der Waals surface area contributed by atoms with E-state index in [9.17, 15) is 0 Å². The molecular weight excluding hydrogens is 328 g/mol. The van der Waals surface area contributed by atoms with Crippen molar-refractivity contribution in [1.29, 1.82) is 0 Å². The van der Waals surface area contributed by atoms with Gasteiger partial charge in [0.15, 0.2) is 0 Å². The van der Waals surface area contributed by atoms with Crippen molar-refractivity contribution in [2.75, 3.05) is 13.1 Å². The molecule has 0 aliphatic rings. The van der Waals surface area contributed by atoms with Gasteiger partial charge in [0.1, 0.15) is 23.9 Å². The third kappa shape index (κ3) is 25.6. The van der Waals surface area contributed by atoms with E-state index in [-0.39, 0.29) is 0 Å². The maximum Gasteiger partial charge on any atom is 0.147 e. The molecule has 2 N–H and O–H groups in total. The lowest BCUT2D eigenvalue weighted by Gasteiger charge is -2.42. The number of hydrogen-bond acceptors (Lipinski definition) is 2. The number of rotatable bonds is 5. The summed E-state index contributed by atoms with van der Waals surface area (Å²) < 4.78 is 2.72. The summed E-state index contributed by atoms with van der Waals surface area (Å²) in [5.41, 5.74) is 4.91. The van der Waals surface area contributed by atoms with Crippen LogP contribution in [0.2, 0.25) is 58.9 Å². The molecule has 0 amide bonds. The molecule has 0 aliphatic heterocycles. The van der Waals surface area contributed by atoms with E-state index in [4.69, 9.17) is 16.8 Å². The van der Waals surface area contributed by atoms with Gasteiger partial charge >= 0.3 is 0 Å². The zero-order valence-corrected chi connectivity index (χ0v) is 19.6. The van der Waals surface area contributed by atoms with Gasteiger partial charge in [0.05, 0.1) is 0 Å². The minimum Gasteiger partial charge on any atom is -0.343 e. The second-order valence-corrected chi connectivity index (χ2v) is 25.6. The van der Waals surface area contributed by atoms with Crippen LogP contribution in [-0.2, 0) is 0 Å². The summed E-state index contributed by atoms with van der Waals surface area (Å²) in [6.45, 7) is 29.6. The van der Waals surface area contributed by atoms with Crippen molar-refractivity contribution in [3.05, 3.63) is 25.3 Å². The van der Waals surface area contributed by atoms with E-state index in [0.29, 0.717) is 6.54 Å². The predicted octanol–water partition coefficient (Wildman–Crippen LogP) is 5.34. The van der Waals surface area contributed by atoms with Gasteiger partial charge in [0, 0.05) is 13.1 Å². The molecule has 0 aromatic heterocycles. The topological polar surface area (TPSA) is 29.3 Å². The highest BCUT2D eigenvalue weighted by molar-refractivity contribution is 7.18. The van der Waals surface area contributed by atoms with Crippen LogP contribution in [0.3, 0.4) is 0 Å². The van der Waals surface area contributed by atoms with E-state index < -0.39 is 23.9 Å². The summed E-state index contributed by atoms with van der Waals surface area (Å²) in [7, 11) is -3.38. The van der Waals surface area contributed by atoms with Gasteiger partial charge in [-0.1, -0.05) is 71.1 Å². The molecule has 0 bridgehead atoms. The maximum absolute atomic E-state index is 5.67. The van der Waals surface area contributed by atoms with Gasteiger partial charge in [-0.05, 0) is 0 Å². The SMILES string of the molecule is C=CCN.C=CCN([Si](C)(C)C)[Si](C)(C)C.C[Si](C)(C)Cl. The highest BCUT2D eigenvalue weighted by Gasteiger charge is 2.32. The van der Waals surface area contributed by atoms with Gasteiger partial charge in [-0.3, -0.25) is 0 Å². The molecule has 0 saturated carbocycles. The lowest BCUT2D eigenvalue weighted by atomic mass is 10.7. The Morgan fingerprint density at radius 3 is 1.14 bits per heavy atom. The lowest BCUT2D eigenvalue weighted by Crippen LogP contribution is -2.58. The monoisotopic (exact) mass is 366 g/mol. The number of nitrogens with zero attached hydrogens (tertiary/aromatic N) is 1. The highest BCUT2D eigenvalue weighted by Crippen LogP contribution is 2.18. The van der Waals surface area contributed by atoms with E-state index in [1.807, 2.05) is 6.08 Å². The van der Waals surface area contributed by atoms with Crippen LogP contribution in [-0.4, -0.2) is 41.2 Å². The van der Waals surface area contributed by atoms with Gasteiger partial charge in [0.2, 0.25) is 0 Å². The molecule has 0 fully saturated rings. The van der Waals surface area contributed by atoms with Crippen LogP contribution in [0.15, 0.2) is 25.3 Å². The first-order valence-corrected chi connectivity index (χ1v) is 18.9. The van der Waals surface area contributed by atoms with E-state index in [1.165, 1.54) is 0 Å². The molecule has 0 saturated heterocycles. The normalized spacial score (nSPS) is 11.8. The van der Waals surface area contributed by atoms with Crippen LogP contribution >= 0.6 is 11.1 Å². The fourth-order valence-electron chi connectivity index (χ4n) is 1.68. The quantitative estimate of drug-likeness (QED) is 0.404. The Labute approximate surface area is 142 Å². The molecule has 0 spiro atoms. The van der Waals surface area contributed by atoms with E-state index in [0.717, 1.165) is 6.54 Å². The number of halogens is 1. The van der Waals surface area contributed by atoms with E-state index >= 15 is 0 Å². The summed E-state index contributed by atoms with van der Waals surface area (Å²) in [6.07, 6.45) is 3.69. The van der Waals surface area contributed by atoms with Gasteiger partial charge < -0.3 is 9.96 Å². The van der Waals surface area contributed by atoms with Gasteiger partial charge in [-0.2, -0.15) is 11.1 Å². The van der Waals surface area contributed by atoms with Crippen molar-refractivity contribution in [2.45, 2.75) is 58.9 Å². The number of hydrogen-bond donors (Lipinski definition) is 1. The summed E-state index contributed by atoms with van der Waals surface area (Å²) in [4.78, 5) is 0. The van der Waals surface area contributed by atoms with Crippen molar-refractivity contribution in [3.8, 4) is 0 Å². The van der Waals surface area contributed by atoms with Crippen LogP contribution in [0.1, 0.15) is 0 Å². The maximum atomic E-state index is 5.67. The van der Waals surface area contributed by atoms with Crippen LogP contribution in [0.25, 0.3) is 0 Å². The van der Waals surface area contributed by atoms with Crippen molar-refractivity contribution in [3.63, 3.8) is 0 Å². The van der Waals surface area contributed by atoms with Crippen LogP contribution < -0.4 is 5.73 Å². The third-order valence-corrected chi connectivity index (χ3v) is 9.73. The van der Waals surface area contributed by atoms with Crippen LogP contribution in [0.4, 0.5) is 0 Å². The van der Waals surface area contributed by atoms with Crippen molar-refractivity contribution in [2.24, 2.45) is 5.73 Å². The highest BCUT2D eigenvalue weighted by atomic mass is 35.6. The Kier molecular flexibility index (Phi) is 14.8. The molecule has 0 unspecified atom stereocenters. The summed E-state index contributed by atoms with van der Waals surface area (Å²) in [6, 6.07) is 0. The third-order valence-electron chi connectivity index (χ3n) is 2.10. The molecule has 21 heavy (non-hydrogen) atoms. The molecule has 0 heterocycles. The fraction of sp³-hybridized carbons (Fsp3) is 0.733. The molecule has 0 atom stereocenters.